The van der Waals surface area contributed by atoms with Crippen LogP contribution in [0.25, 0.3) is 0 Å². The smallest absolute Gasteiger partial charge is 0.251 e. The summed E-state index contributed by atoms with van der Waals surface area (Å²) in [7, 11) is 1.47. The number of ether oxygens (including phenoxy) is 2. The Kier molecular flexibility index (Phi) is 5.83. The Morgan fingerprint density at radius 2 is 2.19 bits per heavy atom. The van der Waals surface area contributed by atoms with Crippen LogP contribution in [0.5, 0.6) is 11.5 Å². The Balaban J connectivity index is 1.72. The highest BCUT2D eigenvalue weighted by atomic mass is 16.5. The highest BCUT2D eigenvalue weighted by Crippen LogP contribution is 2.26. The molecule has 116 valence electrons. The van der Waals surface area contributed by atoms with Gasteiger partial charge < -0.3 is 19.9 Å². The number of rotatable bonds is 6. The van der Waals surface area contributed by atoms with E-state index in [1.807, 2.05) is 0 Å². The van der Waals surface area contributed by atoms with Crippen LogP contribution in [-0.2, 0) is 4.74 Å². The lowest BCUT2D eigenvalue weighted by Crippen LogP contribution is -2.38. The van der Waals surface area contributed by atoms with E-state index in [1.54, 1.807) is 12.1 Å². The second kappa shape index (κ2) is 7.85. The van der Waals surface area contributed by atoms with Gasteiger partial charge in [-0.05, 0) is 31.2 Å². The van der Waals surface area contributed by atoms with Gasteiger partial charge in [0, 0.05) is 25.2 Å². The number of nitrogens with one attached hydrogen (secondary N) is 1. The molecule has 0 atom stereocenters. The van der Waals surface area contributed by atoms with Crippen molar-refractivity contribution in [3.8, 4) is 11.5 Å². The fourth-order valence-corrected chi connectivity index (χ4v) is 2.26. The molecule has 0 spiro atoms. The maximum Gasteiger partial charge on any atom is 0.251 e. The molecule has 1 aliphatic rings. The third-order valence-electron chi connectivity index (χ3n) is 3.48. The van der Waals surface area contributed by atoms with Crippen LogP contribution in [0.4, 0.5) is 0 Å². The summed E-state index contributed by atoms with van der Waals surface area (Å²) in [6.45, 7) is 5.07. The van der Waals surface area contributed by atoms with Crippen molar-refractivity contribution in [2.45, 2.75) is 6.42 Å². The van der Waals surface area contributed by atoms with Gasteiger partial charge in [0.15, 0.2) is 11.5 Å². The molecule has 0 aromatic heterocycles. The molecule has 1 fully saturated rings. The molecule has 1 heterocycles. The molecule has 6 nitrogen and oxygen atoms in total. The maximum atomic E-state index is 12.0. The van der Waals surface area contributed by atoms with Crippen molar-refractivity contribution in [3.05, 3.63) is 23.8 Å². The summed E-state index contributed by atoms with van der Waals surface area (Å²) >= 11 is 0. The van der Waals surface area contributed by atoms with Crippen LogP contribution < -0.4 is 10.1 Å². The van der Waals surface area contributed by atoms with Crippen molar-refractivity contribution in [3.63, 3.8) is 0 Å². The molecule has 21 heavy (non-hydrogen) atoms. The van der Waals surface area contributed by atoms with Gasteiger partial charge in [-0.25, -0.2) is 0 Å². The zero-order valence-corrected chi connectivity index (χ0v) is 12.3. The lowest BCUT2D eigenvalue weighted by atomic mass is 10.2. The lowest BCUT2D eigenvalue weighted by molar-refractivity contribution is 0.0374. The highest BCUT2D eigenvalue weighted by molar-refractivity contribution is 5.94. The summed E-state index contributed by atoms with van der Waals surface area (Å²) in [6.07, 6.45) is 0.897. The van der Waals surface area contributed by atoms with E-state index in [4.69, 9.17) is 9.47 Å². The van der Waals surface area contributed by atoms with E-state index in [9.17, 15) is 9.90 Å². The van der Waals surface area contributed by atoms with E-state index in [1.165, 1.54) is 13.2 Å². The number of phenolic OH excluding ortho intramolecular Hbond substituents is 1. The number of carbonyl (C=O) groups is 1. The summed E-state index contributed by atoms with van der Waals surface area (Å²) in [6, 6.07) is 4.63. The standard InChI is InChI=1S/C15H22N2O4/c1-20-14-4-3-12(11-13(14)18)15(19)16-5-2-6-17-7-9-21-10-8-17/h3-4,11,18H,2,5-10H2,1H3,(H,16,19). The van der Waals surface area contributed by atoms with Gasteiger partial charge in [-0.1, -0.05) is 0 Å². The van der Waals surface area contributed by atoms with Crippen LogP contribution in [0.3, 0.4) is 0 Å². The van der Waals surface area contributed by atoms with Gasteiger partial charge in [0.1, 0.15) is 0 Å². The summed E-state index contributed by atoms with van der Waals surface area (Å²) in [5.74, 6) is 0.146. The van der Waals surface area contributed by atoms with Crippen molar-refractivity contribution < 1.29 is 19.4 Å². The molecule has 6 heteroatoms. The molecule has 0 radical (unpaired) electrons. The van der Waals surface area contributed by atoms with Gasteiger partial charge in [0.25, 0.3) is 5.91 Å². The summed E-state index contributed by atoms with van der Waals surface area (Å²) < 4.78 is 10.2. The molecule has 0 saturated carbocycles. The molecule has 1 aliphatic heterocycles. The van der Waals surface area contributed by atoms with Gasteiger partial charge in [-0.15, -0.1) is 0 Å². The Labute approximate surface area is 124 Å². The van der Waals surface area contributed by atoms with E-state index in [2.05, 4.69) is 10.2 Å². The van der Waals surface area contributed by atoms with E-state index < -0.39 is 0 Å². The Morgan fingerprint density at radius 3 is 2.86 bits per heavy atom. The van der Waals surface area contributed by atoms with Gasteiger partial charge >= 0.3 is 0 Å². The molecular formula is C15H22N2O4. The summed E-state index contributed by atoms with van der Waals surface area (Å²) in [4.78, 5) is 14.3. The van der Waals surface area contributed by atoms with Crippen molar-refractivity contribution in [2.24, 2.45) is 0 Å². The van der Waals surface area contributed by atoms with Gasteiger partial charge in [-0.2, -0.15) is 0 Å². The van der Waals surface area contributed by atoms with Crippen LogP contribution >= 0.6 is 0 Å². The fourth-order valence-electron chi connectivity index (χ4n) is 2.26. The van der Waals surface area contributed by atoms with Crippen LogP contribution in [0, 0.1) is 0 Å². The van der Waals surface area contributed by atoms with Crippen LogP contribution in [-0.4, -0.2) is 62.4 Å². The monoisotopic (exact) mass is 294 g/mol. The van der Waals surface area contributed by atoms with E-state index >= 15 is 0 Å². The van der Waals surface area contributed by atoms with E-state index in [-0.39, 0.29) is 11.7 Å². The number of benzene rings is 1. The number of morpholine rings is 1. The molecule has 1 aromatic rings. The normalized spacial score (nSPS) is 15.7. The Hall–Kier alpha value is -1.79. The maximum absolute atomic E-state index is 12.0. The molecule has 1 amide bonds. The SMILES string of the molecule is COc1ccc(C(=O)NCCCN2CCOCC2)cc1O. The number of aromatic hydroxyl groups is 1. The van der Waals surface area contributed by atoms with E-state index in [0.717, 1.165) is 39.3 Å². The minimum absolute atomic E-state index is 0.0292. The molecule has 0 unspecified atom stereocenters. The van der Waals surface area contributed by atoms with Crippen molar-refractivity contribution in [2.75, 3.05) is 46.5 Å². The highest BCUT2D eigenvalue weighted by Gasteiger charge is 2.11. The number of carbonyl (C=O) groups excluding carboxylic acids is 1. The first kappa shape index (κ1) is 15.6. The van der Waals surface area contributed by atoms with Crippen LogP contribution in [0.2, 0.25) is 0 Å². The van der Waals surface area contributed by atoms with Gasteiger partial charge in [0.05, 0.1) is 20.3 Å². The second-order valence-electron chi connectivity index (χ2n) is 4.95. The molecule has 2 rings (SSSR count). The van der Waals surface area contributed by atoms with Crippen LogP contribution in [0.15, 0.2) is 18.2 Å². The number of hydrogen-bond acceptors (Lipinski definition) is 5. The third kappa shape index (κ3) is 4.61. The molecule has 2 N–H and O–H groups in total. The number of hydrogen-bond donors (Lipinski definition) is 2. The summed E-state index contributed by atoms with van der Waals surface area (Å²) in [5.41, 5.74) is 0.430. The quantitative estimate of drug-likeness (QED) is 0.761. The van der Waals surface area contributed by atoms with Gasteiger partial charge in [-0.3, -0.25) is 9.69 Å². The largest absolute Gasteiger partial charge is 0.504 e. The fraction of sp³-hybridized carbons (Fsp3) is 0.533. The number of amides is 1. The zero-order valence-electron chi connectivity index (χ0n) is 12.3. The number of nitrogens with zero attached hydrogens (tertiary/aromatic N) is 1. The minimum Gasteiger partial charge on any atom is -0.504 e. The Morgan fingerprint density at radius 1 is 1.43 bits per heavy atom. The first-order valence-corrected chi connectivity index (χ1v) is 7.16. The predicted octanol–water partition coefficient (Wildman–Crippen LogP) is 0.853. The van der Waals surface area contributed by atoms with E-state index in [0.29, 0.717) is 17.9 Å². The lowest BCUT2D eigenvalue weighted by Gasteiger charge is -2.26. The van der Waals surface area contributed by atoms with Crippen molar-refractivity contribution in [1.29, 1.82) is 0 Å². The Bertz CT molecular complexity index is 473. The minimum atomic E-state index is -0.185. The third-order valence-corrected chi connectivity index (χ3v) is 3.48. The molecule has 1 saturated heterocycles. The number of phenols is 1. The average molecular weight is 294 g/mol. The molecular weight excluding hydrogens is 272 g/mol. The topological polar surface area (TPSA) is 71.0 Å². The molecule has 0 aliphatic carbocycles. The predicted molar refractivity (Wildman–Crippen MR) is 78.9 cm³/mol. The van der Waals surface area contributed by atoms with Gasteiger partial charge in [0.2, 0.25) is 0 Å². The average Bonchev–Trinajstić information content (AvgIpc) is 2.52. The molecule has 1 aromatic carbocycles. The summed E-state index contributed by atoms with van der Waals surface area (Å²) in [5, 5.41) is 12.5. The molecule has 0 bridgehead atoms. The van der Waals surface area contributed by atoms with Crippen molar-refractivity contribution in [1.82, 2.24) is 10.2 Å². The second-order valence-corrected chi connectivity index (χ2v) is 4.95. The first-order valence-electron chi connectivity index (χ1n) is 7.16. The first-order chi connectivity index (χ1) is 10.2. The van der Waals surface area contributed by atoms with Crippen LogP contribution in [0.1, 0.15) is 16.8 Å². The van der Waals surface area contributed by atoms with Crippen molar-refractivity contribution >= 4 is 5.91 Å². The number of methoxy groups -OCH3 is 1. The zero-order chi connectivity index (χ0) is 15.1.